The van der Waals surface area contributed by atoms with Crippen molar-refractivity contribution in [3.8, 4) is 0 Å². The fourth-order valence-corrected chi connectivity index (χ4v) is 1.30. The third kappa shape index (κ3) is 1.15. The maximum Gasteiger partial charge on any atom is 0.280 e. The average molecular weight is 193 g/mol. The fraction of sp³-hybridized carbons (Fsp3) is 0.375. The number of hydrogen-bond acceptors (Lipinski definition) is 4. The summed E-state index contributed by atoms with van der Waals surface area (Å²) in [6, 6.07) is 0. The highest BCUT2D eigenvalue weighted by atomic mass is 16.1. The average Bonchev–Trinajstić information content (AvgIpc) is 2.61. The van der Waals surface area contributed by atoms with Gasteiger partial charge >= 0.3 is 0 Å². The zero-order valence-corrected chi connectivity index (χ0v) is 8.03. The van der Waals surface area contributed by atoms with Crippen molar-refractivity contribution in [2.75, 3.05) is 12.4 Å². The Kier molecular flexibility index (Phi) is 1.95. The van der Waals surface area contributed by atoms with Crippen LogP contribution < -0.4 is 10.9 Å². The highest BCUT2D eigenvalue weighted by Crippen LogP contribution is 2.06. The molecule has 2 aromatic rings. The van der Waals surface area contributed by atoms with Crippen LogP contribution in [0.25, 0.3) is 11.2 Å². The third-order valence-corrected chi connectivity index (χ3v) is 2.05. The van der Waals surface area contributed by atoms with Gasteiger partial charge < -0.3 is 9.88 Å². The van der Waals surface area contributed by atoms with Gasteiger partial charge in [-0.3, -0.25) is 9.78 Å². The van der Waals surface area contributed by atoms with Gasteiger partial charge in [-0.2, -0.15) is 4.98 Å². The van der Waals surface area contributed by atoms with Crippen LogP contribution in [0.15, 0.2) is 11.1 Å². The van der Waals surface area contributed by atoms with Crippen LogP contribution in [0, 0.1) is 0 Å². The Morgan fingerprint density at radius 3 is 3.07 bits per heavy atom. The predicted molar refractivity (Wildman–Crippen MR) is 53.4 cm³/mol. The van der Waals surface area contributed by atoms with Crippen molar-refractivity contribution in [1.82, 2.24) is 19.5 Å². The van der Waals surface area contributed by atoms with E-state index in [1.807, 2.05) is 11.5 Å². The number of aromatic amines is 1. The molecule has 0 atom stereocenters. The summed E-state index contributed by atoms with van der Waals surface area (Å²) in [5.41, 5.74) is 0.776. The van der Waals surface area contributed by atoms with Crippen LogP contribution in [0.5, 0.6) is 0 Å². The number of nitrogens with zero attached hydrogens (tertiary/aromatic N) is 3. The molecule has 0 aliphatic carbocycles. The van der Waals surface area contributed by atoms with Gasteiger partial charge in [0.2, 0.25) is 5.95 Å². The Hall–Kier alpha value is -1.85. The molecule has 2 aromatic heterocycles. The summed E-state index contributed by atoms with van der Waals surface area (Å²) in [5, 5.41) is 2.79. The number of aromatic nitrogens is 4. The number of nitrogens with one attached hydrogen (secondary N) is 2. The van der Waals surface area contributed by atoms with Crippen molar-refractivity contribution in [1.29, 1.82) is 0 Å². The zero-order chi connectivity index (χ0) is 10.1. The van der Waals surface area contributed by atoms with E-state index in [1.54, 1.807) is 13.4 Å². The van der Waals surface area contributed by atoms with Gasteiger partial charge in [-0.15, -0.1) is 0 Å². The number of H-pyrrole nitrogens is 1. The molecule has 0 unspecified atom stereocenters. The van der Waals surface area contributed by atoms with Crippen LogP contribution in [0.2, 0.25) is 0 Å². The Labute approximate surface area is 80.0 Å². The lowest BCUT2D eigenvalue weighted by Crippen LogP contribution is -2.12. The Morgan fingerprint density at radius 2 is 2.43 bits per heavy atom. The monoisotopic (exact) mass is 193 g/mol. The molecule has 0 amide bonds. The van der Waals surface area contributed by atoms with Gasteiger partial charge in [0.1, 0.15) is 0 Å². The molecule has 0 aromatic carbocycles. The molecule has 6 heteroatoms. The van der Waals surface area contributed by atoms with E-state index in [0.717, 1.165) is 6.54 Å². The number of aryl methyl sites for hydroxylation is 1. The van der Waals surface area contributed by atoms with E-state index in [4.69, 9.17) is 0 Å². The van der Waals surface area contributed by atoms with Crippen LogP contribution in [0.3, 0.4) is 0 Å². The summed E-state index contributed by atoms with van der Waals surface area (Å²) in [6.07, 6.45) is 1.62. The van der Waals surface area contributed by atoms with Gasteiger partial charge in [0, 0.05) is 13.6 Å². The van der Waals surface area contributed by atoms with E-state index in [-0.39, 0.29) is 5.56 Å². The van der Waals surface area contributed by atoms with Crippen molar-refractivity contribution < 1.29 is 0 Å². The highest BCUT2D eigenvalue weighted by Gasteiger charge is 2.07. The number of rotatable bonds is 2. The molecule has 2 N–H and O–H groups in total. The number of imidazole rings is 1. The molecular weight excluding hydrogens is 182 g/mol. The second-order valence-corrected chi connectivity index (χ2v) is 2.87. The van der Waals surface area contributed by atoms with Gasteiger partial charge in [0.15, 0.2) is 11.2 Å². The molecule has 6 nitrogen and oxygen atoms in total. The van der Waals surface area contributed by atoms with E-state index in [1.165, 1.54) is 0 Å². The molecule has 14 heavy (non-hydrogen) atoms. The van der Waals surface area contributed by atoms with Crippen molar-refractivity contribution in [2.24, 2.45) is 0 Å². The molecule has 0 saturated heterocycles. The first kappa shape index (κ1) is 8.74. The molecule has 0 bridgehead atoms. The third-order valence-electron chi connectivity index (χ3n) is 2.05. The van der Waals surface area contributed by atoms with Gasteiger partial charge in [-0.1, -0.05) is 0 Å². The van der Waals surface area contributed by atoms with Crippen molar-refractivity contribution in [2.45, 2.75) is 13.5 Å². The molecule has 0 spiro atoms. The lowest BCUT2D eigenvalue weighted by molar-refractivity contribution is 0.777. The second kappa shape index (κ2) is 3.13. The van der Waals surface area contributed by atoms with Crippen LogP contribution in [-0.4, -0.2) is 26.6 Å². The quantitative estimate of drug-likeness (QED) is 0.713. The first-order valence-electron chi connectivity index (χ1n) is 4.39. The summed E-state index contributed by atoms with van der Waals surface area (Å²) >= 11 is 0. The first-order chi connectivity index (χ1) is 6.76. The largest absolute Gasteiger partial charge is 0.359 e. The molecule has 2 heterocycles. The summed E-state index contributed by atoms with van der Waals surface area (Å²) in [6.45, 7) is 2.72. The molecule has 0 aliphatic rings. The molecule has 0 saturated carbocycles. The molecule has 0 radical (unpaired) electrons. The first-order valence-corrected chi connectivity index (χ1v) is 4.39. The minimum Gasteiger partial charge on any atom is -0.359 e. The van der Waals surface area contributed by atoms with E-state index >= 15 is 0 Å². The van der Waals surface area contributed by atoms with E-state index in [0.29, 0.717) is 17.1 Å². The lowest BCUT2D eigenvalue weighted by atomic mass is 10.5. The summed E-state index contributed by atoms with van der Waals surface area (Å²) in [4.78, 5) is 22.3. The number of hydrogen-bond donors (Lipinski definition) is 2. The van der Waals surface area contributed by atoms with Crippen molar-refractivity contribution >= 4 is 17.1 Å². The Morgan fingerprint density at radius 1 is 1.64 bits per heavy atom. The summed E-state index contributed by atoms with van der Waals surface area (Å²) in [5.74, 6) is 0.456. The predicted octanol–water partition coefficient (Wildman–Crippen LogP) is 0.181. The molecule has 0 fully saturated rings. The zero-order valence-electron chi connectivity index (χ0n) is 8.03. The molecule has 0 aliphatic heterocycles. The van der Waals surface area contributed by atoms with Gasteiger partial charge in [-0.05, 0) is 6.92 Å². The summed E-state index contributed by atoms with van der Waals surface area (Å²) < 4.78 is 1.82. The minimum absolute atomic E-state index is 0.216. The second-order valence-electron chi connectivity index (χ2n) is 2.87. The van der Waals surface area contributed by atoms with Crippen molar-refractivity contribution in [3.05, 3.63) is 16.7 Å². The van der Waals surface area contributed by atoms with Crippen LogP contribution in [-0.2, 0) is 6.54 Å². The van der Waals surface area contributed by atoms with Gasteiger partial charge in [-0.25, -0.2) is 4.98 Å². The number of fused-ring (bicyclic) bond motifs is 1. The summed E-state index contributed by atoms with van der Waals surface area (Å²) in [7, 11) is 1.71. The molecular formula is C8H11N5O. The van der Waals surface area contributed by atoms with E-state index in [9.17, 15) is 4.79 Å². The molecule has 2 rings (SSSR count). The Bertz CT molecular complexity index is 512. The van der Waals surface area contributed by atoms with Gasteiger partial charge in [0.25, 0.3) is 5.56 Å². The standard InChI is InChI=1S/C8H11N5O/c1-3-13-4-10-5-6(13)11-8(9-2)12-7(5)14/h4H,3H2,1-2H3,(H2,9,11,12,14). The molecule has 74 valence electrons. The minimum atomic E-state index is -0.216. The maximum atomic E-state index is 11.5. The topological polar surface area (TPSA) is 75.6 Å². The van der Waals surface area contributed by atoms with E-state index < -0.39 is 0 Å². The SMILES string of the molecule is CCn1cnc2c(=O)[nH]c(NC)nc21. The van der Waals surface area contributed by atoms with Crippen LogP contribution >= 0.6 is 0 Å². The number of anilines is 1. The van der Waals surface area contributed by atoms with Crippen LogP contribution in [0.1, 0.15) is 6.92 Å². The Balaban J connectivity index is 2.80. The highest BCUT2D eigenvalue weighted by molar-refractivity contribution is 5.70. The normalized spacial score (nSPS) is 10.7. The smallest absolute Gasteiger partial charge is 0.280 e. The van der Waals surface area contributed by atoms with Crippen molar-refractivity contribution in [3.63, 3.8) is 0 Å². The lowest BCUT2D eigenvalue weighted by Gasteiger charge is -2.00. The van der Waals surface area contributed by atoms with Gasteiger partial charge in [0.05, 0.1) is 6.33 Å². The van der Waals surface area contributed by atoms with Crippen LogP contribution in [0.4, 0.5) is 5.95 Å². The fourth-order valence-electron chi connectivity index (χ4n) is 1.30. The maximum absolute atomic E-state index is 11.5. The van der Waals surface area contributed by atoms with E-state index in [2.05, 4.69) is 20.3 Å².